The van der Waals surface area contributed by atoms with E-state index in [0.717, 1.165) is 23.7 Å². The predicted molar refractivity (Wildman–Crippen MR) is 65.7 cm³/mol. The second kappa shape index (κ2) is 6.68. The molecule has 0 nitrogen and oxygen atoms in total. The molecule has 0 N–H and O–H groups in total. The van der Waals surface area contributed by atoms with Gasteiger partial charge in [0, 0.05) is 17.3 Å². The minimum atomic E-state index is 0.913. The van der Waals surface area contributed by atoms with E-state index in [1.165, 1.54) is 12.0 Å². The molecule has 0 unspecified atom stereocenters. The fourth-order valence-corrected chi connectivity index (χ4v) is 1.45. The zero-order valence-electron chi connectivity index (χ0n) is 8.52. The molecule has 0 aliphatic heterocycles. The van der Waals surface area contributed by atoms with Gasteiger partial charge in [0.1, 0.15) is 0 Å². The van der Waals surface area contributed by atoms with E-state index in [2.05, 4.69) is 59.0 Å². The minimum absolute atomic E-state index is 0.913. The Kier molecular flexibility index (Phi) is 5.40. The zero-order valence-corrected chi connectivity index (χ0v) is 10.1. The van der Waals surface area contributed by atoms with Crippen LogP contribution in [0.25, 0.3) is 0 Å². The number of hydrogen-bond donors (Lipinski definition) is 0. The minimum Gasteiger partial charge on any atom is -0.0970 e. The quantitative estimate of drug-likeness (QED) is 0.566. The number of rotatable bonds is 3. The highest BCUT2D eigenvalue weighted by atomic mass is 79.9. The molecule has 0 fully saturated rings. The average Bonchev–Trinajstić information content (AvgIpc) is 2.21. The van der Waals surface area contributed by atoms with Crippen molar-refractivity contribution >= 4 is 15.9 Å². The van der Waals surface area contributed by atoms with Gasteiger partial charge in [-0.2, -0.15) is 0 Å². The lowest BCUT2D eigenvalue weighted by molar-refractivity contribution is 0.922. The van der Waals surface area contributed by atoms with Crippen molar-refractivity contribution in [3.63, 3.8) is 0 Å². The number of benzene rings is 1. The predicted octanol–water partition coefficient (Wildman–Crippen LogP) is 3.78. The molecule has 0 saturated carbocycles. The van der Waals surface area contributed by atoms with Crippen molar-refractivity contribution < 1.29 is 0 Å². The van der Waals surface area contributed by atoms with E-state index >= 15 is 0 Å². The Labute approximate surface area is 94.9 Å². The first kappa shape index (κ1) is 11.3. The molecule has 0 bridgehead atoms. The molecule has 0 amide bonds. The molecule has 0 atom stereocenters. The summed E-state index contributed by atoms with van der Waals surface area (Å²) in [6.07, 6.45) is 3.28. The third-order valence-corrected chi connectivity index (χ3v) is 2.34. The number of aryl methyl sites for hydroxylation is 1. The van der Waals surface area contributed by atoms with E-state index < -0.39 is 0 Å². The van der Waals surface area contributed by atoms with Crippen molar-refractivity contribution in [2.75, 3.05) is 5.33 Å². The molecule has 1 heteroatoms. The van der Waals surface area contributed by atoms with Gasteiger partial charge >= 0.3 is 0 Å². The summed E-state index contributed by atoms with van der Waals surface area (Å²) in [5.74, 6) is 6.24. The van der Waals surface area contributed by atoms with Crippen LogP contribution in [-0.2, 0) is 6.42 Å². The summed E-state index contributed by atoms with van der Waals surface area (Å²) < 4.78 is 0. The normalized spacial score (nSPS) is 9.29. The molecular formula is C13H15Br. The van der Waals surface area contributed by atoms with E-state index in [1.807, 2.05) is 0 Å². The van der Waals surface area contributed by atoms with Crippen molar-refractivity contribution in [3.8, 4) is 11.8 Å². The zero-order chi connectivity index (χ0) is 10.2. The highest BCUT2D eigenvalue weighted by molar-refractivity contribution is 9.09. The van der Waals surface area contributed by atoms with Gasteiger partial charge in [0.15, 0.2) is 0 Å². The smallest absolute Gasteiger partial charge is 0.0245 e. The van der Waals surface area contributed by atoms with Gasteiger partial charge in [0.25, 0.3) is 0 Å². The van der Waals surface area contributed by atoms with E-state index in [0.29, 0.717) is 0 Å². The molecule has 1 rings (SSSR count). The summed E-state index contributed by atoms with van der Waals surface area (Å²) in [7, 11) is 0. The highest BCUT2D eigenvalue weighted by Crippen LogP contribution is 2.05. The van der Waals surface area contributed by atoms with Crippen molar-refractivity contribution in [2.24, 2.45) is 0 Å². The van der Waals surface area contributed by atoms with Crippen LogP contribution in [0.3, 0.4) is 0 Å². The van der Waals surface area contributed by atoms with Crippen molar-refractivity contribution in [2.45, 2.75) is 26.2 Å². The number of halogens is 1. The summed E-state index contributed by atoms with van der Waals surface area (Å²) in [6.45, 7) is 2.20. The van der Waals surface area contributed by atoms with Crippen LogP contribution < -0.4 is 0 Å². The average molecular weight is 251 g/mol. The van der Waals surface area contributed by atoms with Gasteiger partial charge in [-0.1, -0.05) is 53.2 Å². The summed E-state index contributed by atoms with van der Waals surface area (Å²) in [6, 6.07) is 8.54. The molecule has 1 aromatic carbocycles. The first-order valence-electron chi connectivity index (χ1n) is 5.00. The highest BCUT2D eigenvalue weighted by Gasteiger charge is 1.90. The Balaban J connectivity index is 2.60. The van der Waals surface area contributed by atoms with Crippen molar-refractivity contribution in [1.29, 1.82) is 0 Å². The maximum atomic E-state index is 3.35. The lowest BCUT2D eigenvalue weighted by Crippen LogP contribution is -1.82. The Bertz CT molecular complexity index is 313. The van der Waals surface area contributed by atoms with Crippen LogP contribution in [0.2, 0.25) is 0 Å². The SMILES string of the molecule is CCCc1ccc(C#CCCBr)cc1. The van der Waals surface area contributed by atoms with Crippen LogP contribution in [0.15, 0.2) is 24.3 Å². The topological polar surface area (TPSA) is 0 Å². The van der Waals surface area contributed by atoms with Crippen LogP contribution in [0, 0.1) is 11.8 Å². The number of alkyl halides is 1. The molecule has 0 spiro atoms. The van der Waals surface area contributed by atoms with Crippen LogP contribution >= 0.6 is 15.9 Å². The van der Waals surface area contributed by atoms with Gasteiger partial charge in [-0.05, 0) is 24.1 Å². The molecule has 0 heterocycles. The van der Waals surface area contributed by atoms with Gasteiger partial charge in [-0.3, -0.25) is 0 Å². The Morgan fingerprint density at radius 3 is 2.50 bits per heavy atom. The molecule has 74 valence electrons. The molecule has 0 aromatic heterocycles. The lowest BCUT2D eigenvalue weighted by Gasteiger charge is -1.97. The van der Waals surface area contributed by atoms with Gasteiger partial charge in [0.05, 0.1) is 0 Å². The van der Waals surface area contributed by atoms with Gasteiger partial charge in [-0.15, -0.1) is 0 Å². The van der Waals surface area contributed by atoms with Gasteiger partial charge < -0.3 is 0 Å². The van der Waals surface area contributed by atoms with Crippen LogP contribution in [0.4, 0.5) is 0 Å². The molecule has 0 radical (unpaired) electrons. The van der Waals surface area contributed by atoms with E-state index in [1.54, 1.807) is 0 Å². The fourth-order valence-electron chi connectivity index (χ4n) is 1.26. The molecule has 0 aliphatic rings. The third-order valence-electron chi connectivity index (χ3n) is 1.94. The van der Waals surface area contributed by atoms with Crippen molar-refractivity contribution in [1.82, 2.24) is 0 Å². The maximum absolute atomic E-state index is 3.35. The van der Waals surface area contributed by atoms with Crippen LogP contribution in [0.5, 0.6) is 0 Å². The van der Waals surface area contributed by atoms with E-state index in [9.17, 15) is 0 Å². The maximum Gasteiger partial charge on any atom is 0.0245 e. The van der Waals surface area contributed by atoms with E-state index in [-0.39, 0.29) is 0 Å². The van der Waals surface area contributed by atoms with Crippen LogP contribution in [0.1, 0.15) is 30.9 Å². The standard InChI is InChI=1S/C13H15Br/c1-2-5-12-7-9-13(10-8-12)6-3-4-11-14/h7-10H,2,4-5,11H2,1H3. The number of hydrogen-bond acceptors (Lipinski definition) is 0. The first-order chi connectivity index (χ1) is 6.86. The summed E-state index contributed by atoms with van der Waals surface area (Å²) >= 11 is 3.35. The van der Waals surface area contributed by atoms with Crippen molar-refractivity contribution in [3.05, 3.63) is 35.4 Å². The summed E-state index contributed by atoms with van der Waals surface area (Å²) in [4.78, 5) is 0. The monoisotopic (exact) mass is 250 g/mol. The Hall–Kier alpha value is -0.740. The molecule has 1 aromatic rings. The first-order valence-corrected chi connectivity index (χ1v) is 6.12. The fraction of sp³-hybridized carbons (Fsp3) is 0.385. The van der Waals surface area contributed by atoms with Gasteiger partial charge in [0.2, 0.25) is 0 Å². The van der Waals surface area contributed by atoms with Crippen LogP contribution in [-0.4, -0.2) is 5.33 Å². The third kappa shape index (κ3) is 3.98. The van der Waals surface area contributed by atoms with Gasteiger partial charge in [-0.25, -0.2) is 0 Å². The van der Waals surface area contributed by atoms with E-state index in [4.69, 9.17) is 0 Å². The Morgan fingerprint density at radius 1 is 1.21 bits per heavy atom. The molecule has 0 aliphatic carbocycles. The molecule has 14 heavy (non-hydrogen) atoms. The molecule has 0 saturated heterocycles. The largest absolute Gasteiger partial charge is 0.0970 e. The Morgan fingerprint density at radius 2 is 1.93 bits per heavy atom. The second-order valence-electron chi connectivity index (χ2n) is 3.19. The lowest BCUT2D eigenvalue weighted by atomic mass is 10.1. The summed E-state index contributed by atoms with van der Waals surface area (Å²) in [5, 5.41) is 0.952. The summed E-state index contributed by atoms with van der Waals surface area (Å²) in [5.41, 5.74) is 2.52. The molecular weight excluding hydrogens is 236 g/mol. The second-order valence-corrected chi connectivity index (χ2v) is 3.98.